The van der Waals surface area contributed by atoms with Gasteiger partial charge in [0.1, 0.15) is 12.4 Å². The molecule has 0 bridgehead atoms. The maximum atomic E-state index is 12.5. The number of benzene rings is 1. The molecule has 0 unspecified atom stereocenters. The molecule has 5 nitrogen and oxygen atoms in total. The molecule has 0 radical (unpaired) electrons. The number of nitrogens with one attached hydrogen (secondary N) is 3. The van der Waals surface area contributed by atoms with Crippen LogP contribution >= 0.6 is 0 Å². The van der Waals surface area contributed by atoms with Crippen LogP contribution in [0.25, 0.3) is 12.2 Å². The summed E-state index contributed by atoms with van der Waals surface area (Å²) < 4.78 is 37.6. The highest BCUT2D eigenvalue weighted by Gasteiger charge is 2.27. The second-order valence-corrected chi connectivity index (χ2v) is 8.79. The van der Waals surface area contributed by atoms with Gasteiger partial charge in [0.25, 0.3) is 0 Å². The number of anilines is 3. The maximum Gasteiger partial charge on any atom is 0.405 e. The second-order valence-electron chi connectivity index (χ2n) is 8.79. The van der Waals surface area contributed by atoms with E-state index >= 15 is 0 Å². The van der Waals surface area contributed by atoms with Crippen molar-refractivity contribution in [1.29, 1.82) is 0 Å². The van der Waals surface area contributed by atoms with Gasteiger partial charge in [-0.2, -0.15) is 18.2 Å². The third-order valence-electron chi connectivity index (χ3n) is 6.14. The summed E-state index contributed by atoms with van der Waals surface area (Å²) in [5.41, 5.74) is 2.78. The van der Waals surface area contributed by atoms with Crippen molar-refractivity contribution in [2.24, 2.45) is 5.92 Å². The molecule has 3 N–H and O–H groups in total. The van der Waals surface area contributed by atoms with Gasteiger partial charge in [-0.25, -0.2) is 4.98 Å². The monoisotopic (exact) mass is 519 g/mol. The minimum absolute atomic E-state index is 0.133. The molecule has 0 spiro atoms. The molecule has 1 fully saturated rings. The van der Waals surface area contributed by atoms with E-state index in [1.165, 1.54) is 32.1 Å². The highest BCUT2D eigenvalue weighted by molar-refractivity contribution is 5.68. The fourth-order valence-electron chi connectivity index (χ4n) is 4.02. The van der Waals surface area contributed by atoms with E-state index in [1.807, 2.05) is 38.1 Å². The molecular weight excluding hydrogens is 475 g/mol. The molecule has 1 aromatic heterocycles. The van der Waals surface area contributed by atoms with Gasteiger partial charge in [-0.1, -0.05) is 70.0 Å². The second kappa shape index (κ2) is 16.8. The normalized spacial score (nSPS) is 14.6. The lowest BCUT2D eigenvalue weighted by Gasteiger charge is -2.27. The summed E-state index contributed by atoms with van der Waals surface area (Å²) in [6.45, 7) is 12.3. The van der Waals surface area contributed by atoms with Crippen molar-refractivity contribution in [3.63, 3.8) is 0 Å². The topological polar surface area (TPSA) is 61.9 Å². The van der Waals surface area contributed by atoms with Crippen molar-refractivity contribution in [3.8, 4) is 0 Å². The molecule has 1 saturated carbocycles. The van der Waals surface area contributed by atoms with Gasteiger partial charge in [-0.15, -0.1) is 0 Å². The first-order valence-corrected chi connectivity index (χ1v) is 13.2. The molecule has 1 heterocycles. The molecule has 0 aliphatic heterocycles. The Morgan fingerprint density at radius 1 is 1.08 bits per heavy atom. The minimum atomic E-state index is -4.33. The van der Waals surface area contributed by atoms with Gasteiger partial charge < -0.3 is 16.0 Å². The molecule has 2 aromatic rings. The summed E-state index contributed by atoms with van der Waals surface area (Å²) >= 11 is 0. The molecule has 37 heavy (non-hydrogen) atoms. The number of halogens is 3. The summed E-state index contributed by atoms with van der Waals surface area (Å²) in [4.78, 5) is 8.51. The number of alkyl halides is 3. The highest BCUT2D eigenvalue weighted by atomic mass is 19.4. The van der Waals surface area contributed by atoms with E-state index in [-0.39, 0.29) is 11.8 Å². The average molecular weight is 520 g/mol. The Morgan fingerprint density at radius 3 is 2.22 bits per heavy atom. The van der Waals surface area contributed by atoms with Crippen LogP contribution in [0.1, 0.15) is 76.6 Å². The number of aromatic nitrogens is 2. The fourth-order valence-corrected chi connectivity index (χ4v) is 4.02. The number of nitrogens with zero attached hydrogens (tertiary/aromatic N) is 2. The summed E-state index contributed by atoms with van der Waals surface area (Å²) in [6, 6.07) is 8.09. The van der Waals surface area contributed by atoms with Crippen LogP contribution in [0, 0.1) is 12.8 Å². The summed E-state index contributed by atoms with van der Waals surface area (Å²) in [6.07, 6.45) is 8.06. The van der Waals surface area contributed by atoms with Crippen LogP contribution in [0.5, 0.6) is 0 Å². The van der Waals surface area contributed by atoms with Crippen LogP contribution in [0.3, 0.4) is 0 Å². The molecule has 0 amide bonds. The zero-order valence-electron chi connectivity index (χ0n) is 23.2. The van der Waals surface area contributed by atoms with Gasteiger partial charge >= 0.3 is 6.18 Å². The van der Waals surface area contributed by atoms with Crippen molar-refractivity contribution in [3.05, 3.63) is 53.7 Å². The van der Waals surface area contributed by atoms with Crippen LogP contribution in [0.15, 0.2) is 36.9 Å². The lowest BCUT2D eigenvalue weighted by Crippen LogP contribution is -2.31. The number of aryl methyl sites for hydroxylation is 1. The SMILES string of the molecule is C=Cc1ccc(Nc2nc(C)c(/C=C\C)c(NCC(F)(F)F)n2)cc1.CC.CN[C@@H](C)C1CCCCC1. The van der Waals surface area contributed by atoms with E-state index in [0.717, 1.165) is 23.2 Å². The maximum absolute atomic E-state index is 12.5. The first kappa shape index (κ1) is 32.2. The predicted molar refractivity (Wildman–Crippen MR) is 152 cm³/mol. The largest absolute Gasteiger partial charge is 0.405 e. The van der Waals surface area contributed by atoms with Gasteiger partial charge in [0.15, 0.2) is 0 Å². The first-order valence-electron chi connectivity index (χ1n) is 13.2. The van der Waals surface area contributed by atoms with Crippen LogP contribution in [-0.2, 0) is 0 Å². The Bertz CT molecular complexity index is 949. The first-order chi connectivity index (χ1) is 17.7. The standard InChI is InChI=1S/C18H19F3N4.C9H19N.C2H6/c1-4-6-15-12(3)23-17(25-16(15)22-11-18(19,20)21)24-14-9-7-13(5-2)8-10-14;1-8(10-2)9-6-4-3-5-7-9;1-2/h4-10H,2,11H2,1,3H3,(H2,22,23,24,25);8-10H,3-7H2,1-2H3;1-2H3/b6-4-;;/t;8-;/m.0./s1. The van der Waals surface area contributed by atoms with Gasteiger partial charge in [-0.05, 0) is 64.3 Å². The molecule has 8 heteroatoms. The minimum Gasteiger partial charge on any atom is -0.361 e. The number of hydrogen-bond acceptors (Lipinski definition) is 5. The zero-order valence-corrected chi connectivity index (χ0v) is 23.2. The van der Waals surface area contributed by atoms with Crippen LogP contribution in [-0.4, -0.2) is 35.8 Å². The Labute approximate surface area is 221 Å². The quantitative estimate of drug-likeness (QED) is 0.327. The van der Waals surface area contributed by atoms with Crippen molar-refractivity contribution in [2.45, 2.75) is 78.9 Å². The van der Waals surface area contributed by atoms with E-state index < -0.39 is 12.7 Å². The van der Waals surface area contributed by atoms with Crippen LogP contribution < -0.4 is 16.0 Å². The van der Waals surface area contributed by atoms with Gasteiger partial charge in [0, 0.05) is 17.3 Å². The molecule has 3 rings (SSSR count). The summed E-state index contributed by atoms with van der Waals surface area (Å²) in [5.74, 6) is 1.31. The van der Waals surface area contributed by atoms with Gasteiger partial charge in [0.2, 0.25) is 5.95 Å². The summed E-state index contributed by atoms with van der Waals surface area (Å²) in [7, 11) is 2.07. The molecule has 1 atom stereocenters. The van der Waals surface area contributed by atoms with Gasteiger partial charge in [0.05, 0.1) is 5.69 Å². The molecule has 1 aliphatic carbocycles. The van der Waals surface area contributed by atoms with E-state index in [1.54, 1.807) is 32.1 Å². The summed E-state index contributed by atoms with van der Waals surface area (Å²) in [5, 5.41) is 8.68. The molecule has 0 saturated heterocycles. The Kier molecular flexibility index (Phi) is 14.6. The average Bonchev–Trinajstić information content (AvgIpc) is 2.90. The third kappa shape index (κ3) is 11.8. The Morgan fingerprint density at radius 2 is 1.70 bits per heavy atom. The van der Waals surface area contributed by atoms with Crippen molar-refractivity contribution in [1.82, 2.24) is 15.3 Å². The van der Waals surface area contributed by atoms with Gasteiger partial charge in [-0.3, -0.25) is 0 Å². The molecule has 1 aromatic carbocycles. The van der Waals surface area contributed by atoms with Crippen molar-refractivity contribution < 1.29 is 13.2 Å². The Hall–Kier alpha value is -2.87. The zero-order chi connectivity index (χ0) is 27.8. The van der Waals surface area contributed by atoms with Crippen LogP contribution in [0.4, 0.5) is 30.6 Å². The van der Waals surface area contributed by atoms with Crippen LogP contribution in [0.2, 0.25) is 0 Å². The van der Waals surface area contributed by atoms with Crippen molar-refractivity contribution >= 4 is 29.6 Å². The van der Waals surface area contributed by atoms with E-state index in [9.17, 15) is 13.2 Å². The van der Waals surface area contributed by atoms with E-state index in [2.05, 4.69) is 46.5 Å². The fraction of sp³-hybridized carbons (Fsp3) is 0.517. The molecular formula is C29H44F3N5. The number of rotatable bonds is 8. The Balaban J connectivity index is 0.000000475. The van der Waals surface area contributed by atoms with E-state index in [0.29, 0.717) is 11.3 Å². The third-order valence-corrected chi connectivity index (χ3v) is 6.14. The predicted octanol–water partition coefficient (Wildman–Crippen LogP) is 8.38. The number of allylic oxidation sites excluding steroid dienone is 1. The molecule has 206 valence electrons. The smallest absolute Gasteiger partial charge is 0.361 e. The lowest BCUT2D eigenvalue weighted by molar-refractivity contribution is -0.115. The van der Waals surface area contributed by atoms with E-state index in [4.69, 9.17) is 0 Å². The highest BCUT2D eigenvalue weighted by Crippen LogP contribution is 2.26. The van der Waals surface area contributed by atoms with Crippen molar-refractivity contribution in [2.75, 3.05) is 24.2 Å². The number of hydrogen-bond donors (Lipinski definition) is 3. The molecule has 1 aliphatic rings. The lowest BCUT2D eigenvalue weighted by atomic mass is 9.85.